The highest BCUT2D eigenvalue weighted by Crippen LogP contribution is 2.53. The molecule has 5 rings (SSSR count). The van der Waals surface area contributed by atoms with Crippen LogP contribution in [0.1, 0.15) is 81.3 Å². The third-order valence-corrected chi connectivity index (χ3v) is 8.23. The van der Waals surface area contributed by atoms with Crippen molar-refractivity contribution in [2.75, 3.05) is 26.2 Å². The summed E-state index contributed by atoms with van der Waals surface area (Å²) < 4.78 is 0. The molecule has 29 heavy (non-hydrogen) atoms. The van der Waals surface area contributed by atoms with Crippen molar-refractivity contribution in [1.82, 2.24) is 9.80 Å². The van der Waals surface area contributed by atoms with Gasteiger partial charge in [0.25, 0.3) is 0 Å². The highest BCUT2D eigenvalue weighted by Gasteiger charge is 2.46. The van der Waals surface area contributed by atoms with Gasteiger partial charge in [0.05, 0.1) is 0 Å². The second kappa shape index (κ2) is 7.77. The van der Waals surface area contributed by atoms with E-state index in [1.807, 2.05) is 0 Å². The first-order valence-electron chi connectivity index (χ1n) is 11.8. The van der Waals surface area contributed by atoms with E-state index in [-0.39, 0.29) is 11.3 Å². The number of carbonyl (C=O) groups is 2. The van der Waals surface area contributed by atoms with Gasteiger partial charge < -0.3 is 9.80 Å². The minimum absolute atomic E-state index is 0.166. The SMILES string of the molecule is O=C(CC1CC2(CCN(C(=O)C3CCCC3)CC2)c2ccccc21)N1CCCC1. The molecule has 4 nitrogen and oxygen atoms in total. The number of hydrogen-bond donors (Lipinski definition) is 0. The first-order chi connectivity index (χ1) is 14.2. The first kappa shape index (κ1) is 19.1. The summed E-state index contributed by atoms with van der Waals surface area (Å²) >= 11 is 0. The second-order valence-corrected chi connectivity index (χ2v) is 9.87. The fraction of sp³-hybridized carbons (Fsp3) is 0.680. The smallest absolute Gasteiger partial charge is 0.225 e. The van der Waals surface area contributed by atoms with Crippen LogP contribution < -0.4 is 0 Å². The van der Waals surface area contributed by atoms with Crippen LogP contribution >= 0.6 is 0 Å². The molecule has 1 saturated carbocycles. The normalized spacial score (nSPS) is 26.3. The van der Waals surface area contributed by atoms with Crippen molar-refractivity contribution in [2.45, 2.75) is 75.5 Å². The first-order valence-corrected chi connectivity index (χ1v) is 11.8. The van der Waals surface area contributed by atoms with E-state index in [4.69, 9.17) is 0 Å². The molecule has 1 spiro atoms. The molecule has 0 radical (unpaired) electrons. The molecule has 1 atom stereocenters. The number of carbonyl (C=O) groups excluding carboxylic acids is 2. The number of piperidine rings is 1. The number of benzene rings is 1. The van der Waals surface area contributed by atoms with Crippen LogP contribution in [0.15, 0.2) is 24.3 Å². The van der Waals surface area contributed by atoms with Gasteiger partial charge in [0.1, 0.15) is 0 Å². The highest BCUT2D eigenvalue weighted by atomic mass is 16.2. The maximum absolute atomic E-state index is 12.9. The molecule has 1 aromatic carbocycles. The molecule has 0 N–H and O–H groups in total. The number of likely N-dealkylation sites (tertiary alicyclic amines) is 2. The van der Waals surface area contributed by atoms with E-state index in [1.165, 1.54) is 24.0 Å². The summed E-state index contributed by atoms with van der Waals surface area (Å²) in [6.07, 6.45) is 10.8. The molecular weight excluding hydrogens is 360 g/mol. The summed E-state index contributed by atoms with van der Waals surface area (Å²) in [6.45, 7) is 3.65. The van der Waals surface area contributed by atoms with Crippen LogP contribution in [0.5, 0.6) is 0 Å². The van der Waals surface area contributed by atoms with Gasteiger partial charge >= 0.3 is 0 Å². The van der Waals surface area contributed by atoms with Crippen LogP contribution in [0.3, 0.4) is 0 Å². The maximum Gasteiger partial charge on any atom is 0.225 e. The number of fused-ring (bicyclic) bond motifs is 2. The molecule has 2 saturated heterocycles. The Balaban J connectivity index is 1.29. The van der Waals surface area contributed by atoms with Crippen LogP contribution in [-0.2, 0) is 15.0 Å². The van der Waals surface area contributed by atoms with Gasteiger partial charge in [-0.1, -0.05) is 37.1 Å². The summed E-state index contributed by atoms with van der Waals surface area (Å²) in [7, 11) is 0. The Kier molecular flexibility index (Phi) is 5.13. The summed E-state index contributed by atoms with van der Waals surface area (Å²) in [5.74, 6) is 1.37. The molecule has 3 fully saturated rings. The van der Waals surface area contributed by atoms with Crippen molar-refractivity contribution in [3.63, 3.8) is 0 Å². The van der Waals surface area contributed by atoms with Gasteiger partial charge in [0.2, 0.25) is 11.8 Å². The molecule has 2 aliphatic heterocycles. The van der Waals surface area contributed by atoms with Crippen molar-refractivity contribution in [3.05, 3.63) is 35.4 Å². The average molecular weight is 395 g/mol. The molecule has 0 bridgehead atoms. The molecule has 2 heterocycles. The van der Waals surface area contributed by atoms with Gasteiger partial charge in [-0.15, -0.1) is 0 Å². The van der Waals surface area contributed by atoms with Gasteiger partial charge in [0, 0.05) is 38.5 Å². The number of nitrogens with zero attached hydrogens (tertiary/aromatic N) is 2. The van der Waals surface area contributed by atoms with E-state index < -0.39 is 0 Å². The lowest BCUT2D eigenvalue weighted by atomic mass is 9.73. The second-order valence-electron chi connectivity index (χ2n) is 9.87. The fourth-order valence-corrected chi connectivity index (χ4v) is 6.58. The molecule has 2 amide bonds. The standard InChI is InChI=1S/C25H34N2O2/c28-23(26-13-5-6-14-26)17-20-18-25(22-10-4-3-9-21(20)22)11-15-27(16-12-25)24(29)19-7-1-2-8-19/h3-4,9-10,19-20H,1-2,5-8,11-18H2. The third-order valence-electron chi connectivity index (χ3n) is 8.23. The van der Waals surface area contributed by atoms with Crippen LogP contribution in [-0.4, -0.2) is 47.8 Å². The summed E-state index contributed by atoms with van der Waals surface area (Å²) in [5.41, 5.74) is 3.03. The number of rotatable bonds is 3. The molecule has 2 aliphatic carbocycles. The summed E-state index contributed by atoms with van der Waals surface area (Å²) in [6, 6.07) is 8.83. The highest BCUT2D eigenvalue weighted by molar-refractivity contribution is 5.79. The van der Waals surface area contributed by atoms with Crippen LogP contribution in [0, 0.1) is 5.92 Å². The minimum atomic E-state index is 0.166. The maximum atomic E-state index is 12.9. The van der Waals surface area contributed by atoms with E-state index in [9.17, 15) is 9.59 Å². The minimum Gasteiger partial charge on any atom is -0.343 e. The zero-order chi connectivity index (χ0) is 19.8. The van der Waals surface area contributed by atoms with E-state index >= 15 is 0 Å². The zero-order valence-corrected chi connectivity index (χ0v) is 17.6. The molecule has 0 aromatic heterocycles. The van der Waals surface area contributed by atoms with E-state index in [0.717, 1.165) is 71.1 Å². The van der Waals surface area contributed by atoms with Gasteiger partial charge in [-0.3, -0.25) is 9.59 Å². The van der Waals surface area contributed by atoms with Gasteiger partial charge in [-0.2, -0.15) is 0 Å². The van der Waals surface area contributed by atoms with Crippen LogP contribution in [0.4, 0.5) is 0 Å². The molecule has 4 heteroatoms. The zero-order valence-electron chi connectivity index (χ0n) is 17.6. The predicted molar refractivity (Wildman–Crippen MR) is 114 cm³/mol. The number of hydrogen-bond acceptors (Lipinski definition) is 2. The van der Waals surface area contributed by atoms with E-state index in [2.05, 4.69) is 34.1 Å². The Bertz CT molecular complexity index is 769. The molecule has 156 valence electrons. The van der Waals surface area contributed by atoms with E-state index in [1.54, 1.807) is 0 Å². The van der Waals surface area contributed by atoms with Gasteiger partial charge in [-0.05, 0) is 67.4 Å². The molecule has 4 aliphatic rings. The Labute approximate surface area is 174 Å². The lowest BCUT2D eigenvalue weighted by molar-refractivity contribution is -0.137. The van der Waals surface area contributed by atoms with Crippen molar-refractivity contribution in [1.29, 1.82) is 0 Å². The monoisotopic (exact) mass is 394 g/mol. The topological polar surface area (TPSA) is 40.6 Å². The Hall–Kier alpha value is -1.84. The van der Waals surface area contributed by atoms with Gasteiger partial charge in [0.15, 0.2) is 0 Å². The van der Waals surface area contributed by atoms with Crippen LogP contribution in [0.25, 0.3) is 0 Å². The fourth-order valence-electron chi connectivity index (χ4n) is 6.58. The largest absolute Gasteiger partial charge is 0.343 e. The van der Waals surface area contributed by atoms with Crippen molar-refractivity contribution >= 4 is 11.8 Å². The summed E-state index contributed by atoms with van der Waals surface area (Å²) in [5, 5.41) is 0. The molecular formula is C25H34N2O2. The Morgan fingerprint density at radius 1 is 0.897 bits per heavy atom. The molecule has 1 unspecified atom stereocenters. The Morgan fingerprint density at radius 3 is 2.31 bits per heavy atom. The Morgan fingerprint density at radius 2 is 1.59 bits per heavy atom. The van der Waals surface area contributed by atoms with Gasteiger partial charge in [-0.25, -0.2) is 0 Å². The predicted octanol–water partition coefficient (Wildman–Crippen LogP) is 4.24. The van der Waals surface area contributed by atoms with Crippen molar-refractivity contribution in [3.8, 4) is 0 Å². The third kappa shape index (κ3) is 3.49. The number of amides is 2. The van der Waals surface area contributed by atoms with Crippen LogP contribution in [0.2, 0.25) is 0 Å². The molecule has 1 aromatic rings. The average Bonchev–Trinajstić information content (AvgIpc) is 3.51. The van der Waals surface area contributed by atoms with E-state index in [0.29, 0.717) is 24.2 Å². The lowest BCUT2D eigenvalue weighted by Gasteiger charge is -2.41. The van der Waals surface area contributed by atoms with Crippen molar-refractivity contribution in [2.24, 2.45) is 5.92 Å². The summed E-state index contributed by atoms with van der Waals surface area (Å²) in [4.78, 5) is 29.9. The quantitative estimate of drug-likeness (QED) is 0.769. The van der Waals surface area contributed by atoms with Crippen molar-refractivity contribution < 1.29 is 9.59 Å². The lowest BCUT2D eigenvalue weighted by Crippen LogP contribution is -2.46.